The maximum atomic E-state index is 4.59. The minimum absolute atomic E-state index is 0.813. The molecule has 1 atom stereocenters. The van der Waals surface area contributed by atoms with Gasteiger partial charge in [-0.2, -0.15) is 5.10 Å². The standard InChI is InChI=1S/C14H17N5S/c1-3-5-18-6-4-10-11(7-18)20-14-12(10)13-16-9(2)17-19(13)8-15-14/h8H,3-7H2,1-2H3/p+1. The molecule has 0 bridgehead atoms. The molecule has 0 fully saturated rings. The molecule has 3 aromatic rings. The first kappa shape index (κ1) is 12.2. The van der Waals surface area contributed by atoms with Gasteiger partial charge in [0.05, 0.1) is 23.4 Å². The van der Waals surface area contributed by atoms with Crippen LogP contribution in [-0.2, 0) is 13.0 Å². The third kappa shape index (κ3) is 1.75. The van der Waals surface area contributed by atoms with E-state index in [4.69, 9.17) is 0 Å². The first-order chi connectivity index (χ1) is 9.76. The number of nitrogens with zero attached hydrogens (tertiary/aromatic N) is 4. The molecule has 5 nitrogen and oxygen atoms in total. The normalized spacial score (nSPS) is 18.8. The van der Waals surface area contributed by atoms with Crippen LogP contribution in [0.15, 0.2) is 6.33 Å². The lowest BCUT2D eigenvalue weighted by Crippen LogP contribution is -3.11. The molecule has 4 heterocycles. The summed E-state index contributed by atoms with van der Waals surface area (Å²) in [5.74, 6) is 0.813. The summed E-state index contributed by atoms with van der Waals surface area (Å²) < 4.78 is 1.82. The highest BCUT2D eigenvalue weighted by molar-refractivity contribution is 7.19. The van der Waals surface area contributed by atoms with Crippen molar-refractivity contribution in [3.63, 3.8) is 0 Å². The van der Waals surface area contributed by atoms with E-state index in [0.29, 0.717) is 0 Å². The lowest BCUT2D eigenvalue weighted by Gasteiger charge is -2.23. The Bertz CT molecular complexity index is 788. The minimum Gasteiger partial charge on any atom is -0.330 e. The van der Waals surface area contributed by atoms with Crippen LogP contribution in [0.1, 0.15) is 29.6 Å². The summed E-state index contributed by atoms with van der Waals surface area (Å²) in [5.41, 5.74) is 2.44. The van der Waals surface area contributed by atoms with Crippen LogP contribution in [-0.4, -0.2) is 32.7 Å². The van der Waals surface area contributed by atoms with Crippen molar-refractivity contribution in [3.05, 3.63) is 22.6 Å². The van der Waals surface area contributed by atoms with Gasteiger partial charge in [0.15, 0.2) is 5.65 Å². The molecular formula is C14H18N5S+. The zero-order valence-corrected chi connectivity index (χ0v) is 12.6. The smallest absolute Gasteiger partial charge is 0.167 e. The number of fused-ring (bicyclic) bond motifs is 5. The highest BCUT2D eigenvalue weighted by Gasteiger charge is 2.25. The van der Waals surface area contributed by atoms with Crippen molar-refractivity contribution >= 4 is 27.2 Å². The van der Waals surface area contributed by atoms with E-state index >= 15 is 0 Å². The highest BCUT2D eigenvalue weighted by atomic mass is 32.1. The molecule has 1 unspecified atom stereocenters. The summed E-state index contributed by atoms with van der Waals surface area (Å²) in [6.45, 7) is 7.83. The van der Waals surface area contributed by atoms with Crippen LogP contribution in [0.5, 0.6) is 0 Å². The van der Waals surface area contributed by atoms with Gasteiger partial charge in [-0.15, -0.1) is 11.3 Å². The van der Waals surface area contributed by atoms with Crippen molar-refractivity contribution in [3.8, 4) is 0 Å². The third-order valence-corrected chi connectivity index (χ3v) is 5.20. The van der Waals surface area contributed by atoms with Crippen LogP contribution in [0, 0.1) is 6.92 Å². The van der Waals surface area contributed by atoms with Crippen molar-refractivity contribution in [2.24, 2.45) is 0 Å². The molecule has 1 N–H and O–H groups in total. The number of quaternary nitrogens is 1. The van der Waals surface area contributed by atoms with Crippen LogP contribution in [0.3, 0.4) is 0 Å². The first-order valence-corrected chi connectivity index (χ1v) is 8.03. The second-order valence-electron chi connectivity index (χ2n) is 5.53. The molecular weight excluding hydrogens is 270 g/mol. The summed E-state index contributed by atoms with van der Waals surface area (Å²) in [4.78, 5) is 13.5. The van der Waals surface area contributed by atoms with Crippen molar-refractivity contribution in [1.82, 2.24) is 19.6 Å². The average molecular weight is 288 g/mol. The quantitative estimate of drug-likeness (QED) is 0.765. The van der Waals surface area contributed by atoms with Crippen molar-refractivity contribution in [2.45, 2.75) is 33.2 Å². The molecule has 0 aromatic carbocycles. The van der Waals surface area contributed by atoms with Gasteiger partial charge >= 0.3 is 0 Å². The molecule has 104 valence electrons. The Balaban J connectivity index is 1.91. The van der Waals surface area contributed by atoms with Gasteiger partial charge in [0.1, 0.15) is 23.5 Å². The van der Waals surface area contributed by atoms with Crippen LogP contribution in [0.25, 0.3) is 15.9 Å². The number of hydrogen-bond acceptors (Lipinski definition) is 4. The van der Waals surface area contributed by atoms with Crippen LogP contribution < -0.4 is 4.90 Å². The molecule has 0 aliphatic carbocycles. The van der Waals surface area contributed by atoms with E-state index in [1.165, 1.54) is 35.3 Å². The van der Waals surface area contributed by atoms with E-state index in [-0.39, 0.29) is 0 Å². The summed E-state index contributed by atoms with van der Waals surface area (Å²) in [6, 6.07) is 0. The maximum Gasteiger partial charge on any atom is 0.167 e. The van der Waals surface area contributed by atoms with Crippen molar-refractivity contribution < 1.29 is 4.90 Å². The zero-order chi connectivity index (χ0) is 13.7. The fraction of sp³-hybridized carbons (Fsp3) is 0.500. The van der Waals surface area contributed by atoms with E-state index in [1.54, 1.807) is 11.2 Å². The zero-order valence-electron chi connectivity index (χ0n) is 11.8. The van der Waals surface area contributed by atoms with E-state index in [1.807, 2.05) is 22.8 Å². The molecule has 1 aliphatic heterocycles. The van der Waals surface area contributed by atoms with Crippen LogP contribution >= 0.6 is 11.3 Å². The van der Waals surface area contributed by atoms with E-state index in [0.717, 1.165) is 29.3 Å². The highest BCUT2D eigenvalue weighted by Crippen LogP contribution is 2.33. The SMILES string of the molecule is CCC[NH+]1CCc2c(sc3ncn4nc(C)nc4c23)C1. The molecule has 6 heteroatoms. The number of nitrogens with one attached hydrogen (secondary N) is 1. The van der Waals surface area contributed by atoms with Gasteiger partial charge in [0, 0.05) is 6.42 Å². The second kappa shape index (κ2) is 4.49. The fourth-order valence-corrected chi connectivity index (χ4v) is 4.45. The lowest BCUT2D eigenvalue weighted by atomic mass is 10.1. The molecule has 0 saturated heterocycles. The van der Waals surface area contributed by atoms with Gasteiger partial charge in [-0.05, 0) is 18.9 Å². The van der Waals surface area contributed by atoms with Gasteiger partial charge < -0.3 is 4.90 Å². The summed E-state index contributed by atoms with van der Waals surface area (Å²) in [7, 11) is 0. The summed E-state index contributed by atoms with van der Waals surface area (Å²) in [6.07, 6.45) is 4.18. The predicted molar refractivity (Wildman–Crippen MR) is 79.3 cm³/mol. The van der Waals surface area contributed by atoms with Crippen LogP contribution in [0.2, 0.25) is 0 Å². The monoisotopic (exact) mass is 288 g/mol. The molecule has 0 saturated carbocycles. The van der Waals surface area contributed by atoms with Gasteiger partial charge in [-0.25, -0.2) is 14.5 Å². The van der Waals surface area contributed by atoms with Gasteiger partial charge in [0.25, 0.3) is 0 Å². The minimum atomic E-state index is 0.813. The van der Waals surface area contributed by atoms with Crippen molar-refractivity contribution in [1.29, 1.82) is 0 Å². The largest absolute Gasteiger partial charge is 0.330 e. The predicted octanol–water partition coefficient (Wildman–Crippen LogP) is 0.998. The number of aryl methyl sites for hydroxylation is 1. The summed E-state index contributed by atoms with van der Waals surface area (Å²) in [5, 5.41) is 5.62. The van der Waals surface area contributed by atoms with Gasteiger partial charge in [0.2, 0.25) is 0 Å². The maximum absolute atomic E-state index is 4.59. The third-order valence-electron chi connectivity index (χ3n) is 4.06. The lowest BCUT2D eigenvalue weighted by molar-refractivity contribution is -0.915. The molecule has 0 spiro atoms. The number of hydrogen-bond donors (Lipinski definition) is 1. The van der Waals surface area contributed by atoms with Crippen LogP contribution in [0.4, 0.5) is 0 Å². The second-order valence-corrected chi connectivity index (χ2v) is 6.62. The molecule has 1 aliphatic rings. The Hall–Kier alpha value is -1.53. The fourth-order valence-electron chi connectivity index (χ4n) is 3.20. The molecule has 20 heavy (non-hydrogen) atoms. The Morgan fingerprint density at radius 3 is 3.20 bits per heavy atom. The Morgan fingerprint density at radius 1 is 1.45 bits per heavy atom. The Morgan fingerprint density at radius 2 is 2.35 bits per heavy atom. The molecule has 3 aromatic heterocycles. The molecule has 0 amide bonds. The summed E-state index contributed by atoms with van der Waals surface area (Å²) >= 11 is 1.84. The molecule has 4 rings (SSSR count). The Labute approximate surface area is 121 Å². The topological polar surface area (TPSA) is 47.5 Å². The average Bonchev–Trinajstić information content (AvgIpc) is 2.97. The van der Waals surface area contributed by atoms with Gasteiger partial charge in [-0.1, -0.05) is 6.92 Å². The van der Waals surface area contributed by atoms with Gasteiger partial charge in [-0.3, -0.25) is 0 Å². The Kier molecular flexibility index (Phi) is 2.75. The first-order valence-electron chi connectivity index (χ1n) is 7.22. The van der Waals surface area contributed by atoms with E-state index in [2.05, 4.69) is 22.0 Å². The number of rotatable bonds is 2. The number of thiophene rings is 1. The van der Waals surface area contributed by atoms with E-state index in [9.17, 15) is 0 Å². The van der Waals surface area contributed by atoms with Crippen molar-refractivity contribution in [2.75, 3.05) is 13.1 Å². The molecule has 0 radical (unpaired) electrons. The number of aromatic nitrogens is 4. The van der Waals surface area contributed by atoms with E-state index < -0.39 is 0 Å².